The Labute approximate surface area is 206 Å². The number of hydrogen-bond acceptors (Lipinski definition) is 8. The van der Waals surface area contributed by atoms with Gasteiger partial charge in [-0.15, -0.1) is 4.99 Å². The zero-order valence-electron chi connectivity index (χ0n) is 18.7. The SMILES string of the molecule is CNC(=NC#N)NCCCSc1nccc(NC(N)=NCC(F)(F)C(F)F)n1.O=C(O)/C=C\C(=O)O. The van der Waals surface area contributed by atoms with E-state index in [4.69, 9.17) is 21.2 Å². The lowest BCUT2D eigenvalue weighted by molar-refractivity contribution is -0.134. The Morgan fingerprint density at radius 2 is 1.97 bits per heavy atom. The highest BCUT2D eigenvalue weighted by Gasteiger charge is 2.40. The van der Waals surface area contributed by atoms with Crippen LogP contribution < -0.4 is 21.7 Å². The van der Waals surface area contributed by atoms with E-state index >= 15 is 0 Å². The molecule has 0 aliphatic carbocycles. The zero-order valence-corrected chi connectivity index (χ0v) is 19.5. The third kappa shape index (κ3) is 15.7. The lowest BCUT2D eigenvalue weighted by Crippen LogP contribution is -2.35. The minimum Gasteiger partial charge on any atom is -0.478 e. The van der Waals surface area contributed by atoms with E-state index < -0.39 is 36.8 Å². The van der Waals surface area contributed by atoms with Gasteiger partial charge in [-0.1, -0.05) is 11.8 Å². The van der Waals surface area contributed by atoms with Crippen molar-refractivity contribution in [1.29, 1.82) is 5.26 Å². The summed E-state index contributed by atoms with van der Waals surface area (Å²) < 4.78 is 49.8. The van der Waals surface area contributed by atoms with Crippen molar-refractivity contribution in [3.05, 3.63) is 24.4 Å². The maximum atomic E-state index is 12.8. The van der Waals surface area contributed by atoms with Crippen molar-refractivity contribution in [1.82, 2.24) is 20.6 Å². The fourth-order valence-corrected chi connectivity index (χ4v) is 2.50. The number of thioether (sulfide) groups is 1. The molecule has 36 heavy (non-hydrogen) atoms. The number of nitrogens with one attached hydrogen (secondary N) is 3. The molecule has 0 radical (unpaired) electrons. The van der Waals surface area contributed by atoms with E-state index in [9.17, 15) is 27.2 Å². The molecule has 0 fully saturated rings. The molecule has 0 atom stereocenters. The number of guanidine groups is 2. The predicted octanol–water partition coefficient (Wildman–Crippen LogP) is 0.944. The van der Waals surface area contributed by atoms with E-state index in [-0.39, 0.29) is 5.82 Å². The number of carbonyl (C=O) groups is 2. The summed E-state index contributed by atoms with van der Waals surface area (Å²) in [6.07, 6.45) is 1.09. The second-order valence-corrected chi connectivity index (χ2v) is 7.12. The molecule has 0 bridgehead atoms. The second-order valence-electron chi connectivity index (χ2n) is 6.06. The van der Waals surface area contributed by atoms with Gasteiger partial charge in [-0.2, -0.15) is 14.0 Å². The number of nitrogens with two attached hydrogens (primary N) is 1. The molecule has 1 aromatic heterocycles. The topological polar surface area (TPSA) is 211 Å². The number of carboxylic acid groups (broad SMARTS) is 2. The van der Waals surface area contributed by atoms with Crippen LogP contribution in [0.1, 0.15) is 6.42 Å². The summed E-state index contributed by atoms with van der Waals surface area (Å²) in [6.45, 7) is -0.878. The highest BCUT2D eigenvalue weighted by Crippen LogP contribution is 2.22. The molecular formula is C18H23F4N9O4S. The number of rotatable bonds is 11. The first kappa shape index (κ1) is 31.9. The summed E-state index contributed by atoms with van der Waals surface area (Å²) in [5.41, 5.74) is 5.41. The maximum absolute atomic E-state index is 12.8. The number of alkyl halides is 4. The third-order valence-corrected chi connectivity index (χ3v) is 4.23. The monoisotopic (exact) mass is 537 g/mol. The van der Waals surface area contributed by atoms with Crippen LogP contribution >= 0.6 is 11.8 Å². The first-order chi connectivity index (χ1) is 16.9. The minimum absolute atomic E-state index is 0.191. The van der Waals surface area contributed by atoms with Gasteiger partial charge >= 0.3 is 24.3 Å². The molecule has 0 aromatic carbocycles. The van der Waals surface area contributed by atoms with Gasteiger partial charge in [0.1, 0.15) is 12.4 Å². The van der Waals surface area contributed by atoms with Crippen LogP contribution in [0, 0.1) is 11.5 Å². The highest BCUT2D eigenvalue weighted by atomic mass is 32.2. The average molecular weight is 538 g/mol. The average Bonchev–Trinajstić information content (AvgIpc) is 2.81. The number of halogens is 4. The summed E-state index contributed by atoms with van der Waals surface area (Å²) in [5.74, 6) is -6.03. The van der Waals surface area contributed by atoms with Gasteiger partial charge in [-0.3, -0.25) is 0 Å². The molecule has 0 amide bonds. The molecule has 13 nitrogen and oxygen atoms in total. The van der Waals surface area contributed by atoms with E-state index in [1.807, 2.05) is 0 Å². The fraction of sp³-hybridized carbons (Fsp3) is 0.389. The summed E-state index contributed by atoms with van der Waals surface area (Å²) in [6, 6.07) is 1.43. The Bertz CT molecular complexity index is 972. The van der Waals surface area contributed by atoms with Crippen LogP contribution in [-0.4, -0.2) is 82.3 Å². The minimum atomic E-state index is -4.25. The van der Waals surface area contributed by atoms with Crippen molar-refractivity contribution in [2.75, 3.05) is 31.2 Å². The van der Waals surface area contributed by atoms with Gasteiger partial charge in [-0.05, 0) is 12.5 Å². The molecule has 0 unspecified atom stereocenters. The Morgan fingerprint density at radius 1 is 1.33 bits per heavy atom. The van der Waals surface area contributed by atoms with Crippen LogP contribution in [0.3, 0.4) is 0 Å². The standard InChI is InChI=1S/C14H19F4N9S.C4H4O4/c1-21-12(25-8-19)22-4-2-6-28-13-23-5-3-9(27-13)26-11(20)24-7-14(17,18)10(15)16;5-3(6)1-2-4(7)8/h3,5,10H,2,4,6-7H2,1H3,(H2,21,22,25)(H3,20,23,24,26,27);1-2H,(H,5,6)(H,7,8)/b;2-1-. The second kappa shape index (κ2) is 17.3. The van der Waals surface area contributed by atoms with Gasteiger partial charge in [0.05, 0.1) is 0 Å². The Morgan fingerprint density at radius 3 is 2.50 bits per heavy atom. The summed E-state index contributed by atoms with van der Waals surface area (Å²) in [4.78, 5) is 34.0. The first-order valence-electron chi connectivity index (χ1n) is 9.62. The molecular weight excluding hydrogens is 514 g/mol. The van der Waals surface area contributed by atoms with Crippen LogP contribution in [0.2, 0.25) is 0 Å². The third-order valence-electron chi connectivity index (χ3n) is 3.28. The smallest absolute Gasteiger partial charge is 0.328 e. The summed E-state index contributed by atoms with van der Waals surface area (Å²) >= 11 is 1.33. The van der Waals surface area contributed by atoms with Crippen molar-refractivity contribution >= 4 is 41.4 Å². The number of nitriles is 1. The molecule has 198 valence electrons. The molecule has 1 aromatic rings. The number of aromatic nitrogens is 2. The van der Waals surface area contributed by atoms with Crippen molar-refractivity contribution in [2.45, 2.75) is 23.9 Å². The lowest BCUT2D eigenvalue weighted by atomic mass is 10.3. The van der Waals surface area contributed by atoms with E-state index in [1.54, 1.807) is 13.2 Å². The van der Waals surface area contributed by atoms with Crippen molar-refractivity contribution < 1.29 is 37.4 Å². The Balaban J connectivity index is 0.00000131. The fourth-order valence-electron chi connectivity index (χ4n) is 1.73. The number of aliphatic imine (C=N–C) groups is 2. The van der Waals surface area contributed by atoms with E-state index in [0.717, 1.165) is 0 Å². The first-order valence-corrected chi connectivity index (χ1v) is 10.6. The Hall–Kier alpha value is -4.14. The molecule has 0 aliphatic rings. The maximum Gasteiger partial charge on any atom is 0.328 e. The summed E-state index contributed by atoms with van der Waals surface area (Å²) in [7, 11) is 1.63. The van der Waals surface area contributed by atoms with Gasteiger partial charge in [0.2, 0.25) is 12.2 Å². The molecule has 7 N–H and O–H groups in total. The molecule has 18 heteroatoms. The van der Waals surface area contributed by atoms with Crippen LogP contribution in [0.25, 0.3) is 0 Å². The predicted molar refractivity (Wildman–Crippen MR) is 123 cm³/mol. The molecule has 0 spiro atoms. The van der Waals surface area contributed by atoms with Crippen LogP contribution in [0.5, 0.6) is 0 Å². The van der Waals surface area contributed by atoms with E-state index in [1.165, 1.54) is 24.0 Å². The number of anilines is 1. The molecule has 0 aliphatic heterocycles. The van der Waals surface area contributed by atoms with Crippen molar-refractivity contribution in [3.8, 4) is 6.19 Å². The molecule has 1 heterocycles. The number of aliphatic carboxylic acids is 2. The van der Waals surface area contributed by atoms with Crippen LogP contribution in [0.15, 0.2) is 39.6 Å². The van der Waals surface area contributed by atoms with Gasteiger partial charge in [0, 0.05) is 37.7 Å². The molecule has 0 saturated heterocycles. The van der Waals surface area contributed by atoms with E-state index in [0.29, 0.717) is 42.0 Å². The number of nitrogens with zero attached hydrogens (tertiary/aromatic N) is 5. The van der Waals surface area contributed by atoms with Gasteiger partial charge in [-0.25, -0.2) is 33.3 Å². The Kier molecular flexibility index (Phi) is 15.3. The summed E-state index contributed by atoms with van der Waals surface area (Å²) in [5, 5.41) is 32.6. The number of hydrogen-bond donors (Lipinski definition) is 6. The molecule has 0 saturated carbocycles. The van der Waals surface area contributed by atoms with Gasteiger partial charge < -0.3 is 31.9 Å². The quantitative estimate of drug-likeness (QED) is 0.0340. The van der Waals surface area contributed by atoms with Crippen molar-refractivity contribution in [3.63, 3.8) is 0 Å². The van der Waals surface area contributed by atoms with Gasteiger partial charge in [0.25, 0.3) is 0 Å². The van der Waals surface area contributed by atoms with Gasteiger partial charge in [0.15, 0.2) is 11.1 Å². The molecule has 1 rings (SSSR count). The largest absolute Gasteiger partial charge is 0.478 e. The van der Waals surface area contributed by atoms with E-state index in [2.05, 4.69) is 35.9 Å². The normalized spacial score (nSPS) is 11.9. The van der Waals surface area contributed by atoms with Crippen LogP contribution in [-0.2, 0) is 9.59 Å². The lowest BCUT2D eigenvalue weighted by Gasteiger charge is -2.13. The van der Waals surface area contributed by atoms with Crippen molar-refractivity contribution in [2.24, 2.45) is 15.7 Å². The zero-order chi connectivity index (χ0) is 27.6. The van der Waals surface area contributed by atoms with Crippen LogP contribution in [0.4, 0.5) is 23.4 Å². The number of carboxylic acids is 2. The highest BCUT2D eigenvalue weighted by molar-refractivity contribution is 7.99.